The normalized spacial score (nSPS) is 19.9. The summed E-state index contributed by atoms with van der Waals surface area (Å²) in [6.07, 6.45) is 7.82. The van der Waals surface area contributed by atoms with Crippen LogP contribution in [0.2, 0.25) is 0 Å². The molecule has 3 rings (SSSR count). The van der Waals surface area contributed by atoms with Crippen LogP contribution in [0, 0.1) is 0 Å². The summed E-state index contributed by atoms with van der Waals surface area (Å²) in [7, 11) is 1.88. The first kappa shape index (κ1) is 25.4. The molecule has 5 nitrogen and oxygen atoms in total. The molecule has 6 heteroatoms. The monoisotopic (exact) mass is 527 g/mol. The second-order valence-corrected chi connectivity index (χ2v) is 8.93. The van der Waals surface area contributed by atoms with Crippen LogP contribution in [0.3, 0.4) is 0 Å². The van der Waals surface area contributed by atoms with Gasteiger partial charge in [-0.15, -0.1) is 24.0 Å². The van der Waals surface area contributed by atoms with Gasteiger partial charge in [-0.2, -0.15) is 0 Å². The molecule has 0 amide bonds. The van der Waals surface area contributed by atoms with Crippen molar-refractivity contribution < 1.29 is 0 Å². The number of benzene rings is 1. The first-order valence-electron chi connectivity index (χ1n) is 11.7. The molecule has 2 heterocycles. The predicted octanol–water partition coefficient (Wildman–Crippen LogP) is 4.22. The Labute approximate surface area is 201 Å². The summed E-state index contributed by atoms with van der Waals surface area (Å²) in [4.78, 5) is 9.67. The number of nitrogens with one attached hydrogen (secondary N) is 2. The van der Waals surface area contributed by atoms with Crippen LogP contribution >= 0.6 is 24.0 Å². The largest absolute Gasteiger partial charge is 0.354 e. The highest BCUT2D eigenvalue weighted by Gasteiger charge is 2.21. The van der Waals surface area contributed by atoms with E-state index in [1.54, 1.807) is 0 Å². The summed E-state index contributed by atoms with van der Waals surface area (Å²) < 4.78 is 0. The molecule has 1 aromatic rings. The second-order valence-electron chi connectivity index (χ2n) is 8.93. The Hall–Kier alpha value is -0.860. The number of halogens is 1. The Kier molecular flexibility index (Phi) is 11.5. The molecule has 2 fully saturated rings. The number of piperidine rings is 1. The number of nitrogens with zero attached hydrogens (tertiary/aromatic N) is 3. The van der Waals surface area contributed by atoms with E-state index < -0.39 is 0 Å². The molecule has 0 unspecified atom stereocenters. The van der Waals surface area contributed by atoms with Gasteiger partial charge in [-0.05, 0) is 63.7 Å². The number of aliphatic imine (C=N–C) groups is 1. The van der Waals surface area contributed by atoms with Gasteiger partial charge in [-0.1, -0.05) is 37.1 Å². The van der Waals surface area contributed by atoms with E-state index in [9.17, 15) is 0 Å². The van der Waals surface area contributed by atoms with Crippen molar-refractivity contribution in [2.24, 2.45) is 4.99 Å². The Morgan fingerprint density at radius 1 is 1.00 bits per heavy atom. The number of likely N-dealkylation sites (tertiary alicyclic amines) is 2. The molecule has 30 heavy (non-hydrogen) atoms. The summed E-state index contributed by atoms with van der Waals surface area (Å²) in [5.74, 6) is 0.928. The predicted molar refractivity (Wildman–Crippen MR) is 139 cm³/mol. The van der Waals surface area contributed by atoms with Crippen LogP contribution in [-0.2, 0) is 13.1 Å². The fourth-order valence-corrected chi connectivity index (χ4v) is 4.55. The van der Waals surface area contributed by atoms with Gasteiger partial charge in [0, 0.05) is 45.3 Å². The van der Waals surface area contributed by atoms with Crippen molar-refractivity contribution in [1.29, 1.82) is 0 Å². The topological polar surface area (TPSA) is 42.9 Å². The van der Waals surface area contributed by atoms with Gasteiger partial charge in [0.15, 0.2) is 5.96 Å². The third-order valence-electron chi connectivity index (χ3n) is 6.48. The van der Waals surface area contributed by atoms with Gasteiger partial charge in [0.2, 0.25) is 0 Å². The summed E-state index contributed by atoms with van der Waals surface area (Å²) in [6.45, 7) is 11.3. The first-order chi connectivity index (χ1) is 14.2. The minimum absolute atomic E-state index is 0. The number of guanidine groups is 1. The molecule has 2 N–H and O–H groups in total. The highest BCUT2D eigenvalue weighted by atomic mass is 127. The summed E-state index contributed by atoms with van der Waals surface area (Å²) in [5, 5.41) is 7.21. The SMILES string of the molecule is CN=C(NCc1ccccc1CN1CCCCCC1)NC1CCN(C(C)C)CC1.I. The third kappa shape index (κ3) is 8.00. The average molecular weight is 528 g/mol. The number of hydrogen-bond donors (Lipinski definition) is 2. The maximum atomic E-state index is 4.48. The van der Waals surface area contributed by atoms with Gasteiger partial charge in [-0.25, -0.2) is 0 Å². The molecule has 0 saturated carbocycles. The smallest absolute Gasteiger partial charge is 0.191 e. The van der Waals surface area contributed by atoms with E-state index in [0.29, 0.717) is 12.1 Å². The van der Waals surface area contributed by atoms with Crippen molar-refractivity contribution in [2.45, 2.75) is 77.5 Å². The van der Waals surface area contributed by atoms with Crippen LogP contribution in [0.15, 0.2) is 29.3 Å². The highest BCUT2D eigenvalue weighted by Crippen LogP contribution is 2.16. The number of hydrogen-bond acceptors (Lipinski definition) is 3. The fourth-order valence-electron chi connectivity index (χ4n) is 4.55. The van der Waals surface area contributed by atoms with Gasteiger partial charge in [-0.3, -0.25) is 9.89 Å². The first-order valence-corrected chi connectivity index (χ1v) is 11.7. The highest BCUT2D eigenvalue weighted by molar-refractivity contribution is 14.0. The minimum atomic E-state index is 0. The zero-order chi connectivity index (χ0) is 20.5. The lowest BCUT2D eigenvalue weighted by Gasteiger charge is -2.35. The van der Waals surface area contributed by atoms with Crippen LogP contribution < -0.4 is 10.6 Å². The molecular weight excluding hydrogens is 485 g/mol. The van der Waals surface area contributed by atoms with Crippen molar-refractivity contribution >= 4 is 29.9 Å². The summed E-state index contributed by atoms with van der Waals surface area (Å²) in [6, 6.07) is 10.0. The van der Waals surface area contributed by atoms with Crippen molar-refractivity contribution in [1.82, 2.24) is 20.4 Å². The van der Waals surface area contributed by atoms with Crippen molar-refractivity contribution in [2.75, 3.05) is 33.2 Å². The fraction of sp³-hybridized carbons (Fsp3) is 0.708. The molecule has 2 aliphatic rings. The zero-order valence-corrected chi connectivity index (χ0v) is 21.5. The van der Waals surface area contributed by atoms with Gasteiger partial charge in [0.1, 0.15) is 0 Å². The molecule has 0 radical (unpaired) electrons. The van der Waals surface area contributed by atoms with Crippen molar-refractivity contribution in [3.05, 3.63) is 35.4 Å². The summed E-state index contributed by atoms with van der Waals surface area (Å²) in [5.41, 5.74) is 2.83. The van der Waals surface area contributed by atoms with Crippen LogP contribution in [0.1, 0.15) is 63.5 Å². The Morgan fingerprint density at radius 2 is 1.63 bits per heavy atom. The molecule has 0 aromatic heterocycles. The van der Waals surface area contributed by atoms with E-state index in [0.717, 1.165) is 19.0 Å². The molecule has 0 spiro atoms. The van der Waals surface area contributed by atoms with E-state index >= 15 is 0 Å². The quantitative estimate of drug-likeness (QED) is 0.331. The second kappa shape index (κ2) is 13.5. The molecule has 170 valence electrons. The molecule has 2 aliphatic heterocycles. The lowest BCUT2D eigenvalue weighted by atomic mass is 10.0. The maximum absolute atomic E-state index is 4.48. The van der Waals surface area contributed by atoms with Gasteiger partial charge < -0.3 is 15.5 Å². The lowest BCUT2D eigenvalue weighted by molar-refractivity contribution is 0.167. The molecular formula is C24H42IN5. The van der Waals surface area contributed by atoms with Crippen LogP contribution in [0.5, 0.6) is 0 Å². The summed E-state index contributed by atoms with van der Waals surface area (Å²) >= 11 is 0. The Balaban J connectivity index is 0.00000320. The van der Waals surface area contributed by atoms with E-state index in [1.807, 2.05) is 7.05 Å². The van der Waals surface area contributed by atoms with Crippen LogP contribution in [0.4, 0.5) is 0 Å². The maximum Gasteiger partial charge on any atom is 0.191 e. The van der Waals surface area contributed by atoms with Crippen molar-refractivity contribution in [3.8, 4) is 0 Å². The molecule has 0 atom stereocenters. The van der Waals surface area contributed by atoms with E-state index in [-0.39, 0.29) is 24.0 Å². The molecule has 0 aliphatic carbocycles. The third-order valence-corrected chi connectivity index (χ3v) is 6.48. The van der Waals surface area contributed by atoms with E-state index in [4.69, 9.17) is 0 Å². The number of rotatable bonds is 6. The van der Waals surface area contributed by atoms with E-state index in [2.05, 4.69) is 63.5 Å². The van der Waals surface area contributed by atoms with Crippen LogP contribution in [0.25, 0.3) is 0 Å². The van der Waals surface area contributed by atoms with E-state index in [1.165, 1.54) is 75.8 Å². The standard InChI is InChI=1S/C24H41N5.HI/c1-20(2)29-16-12-23(13-17-29)27-24(25-3)26-18-21-10-6-7-11-22(21)19-28-14-8-4-5-9-15-28;/h6-7,10-11,20,23H,4-5,8-9,12-19H2,1-3H3,(H2,25,26,27);1H. The van der Waals surface area contributed by atoms with Crippen molar-refractivity contribution in [3.63, 3.8) is 0 Å². The zero-order valence-electron chi connectivity index (χ0n) is 19.2. The van der Waals surface area contributed by atoms with Crippen LogP contribution in [-0.4, -0.2) is 61.1 Å². The molecule has 0 bridgehead atoms. The van der Waals surface area contributed by atoms with Gasteiger partial charge >= 0.3 is 0 Å². The molecule has 2 saturated heterocycles. The van der Waals surface area contributed by atoms with Gasteiger partial charge in [0.25, 0.3) is 0 Å². The lowest BCUT2D eigenvalue weighted by Crippen LogP contribution is -2.49. The molecule has 1 aromatic carbocycles. The Morgan fingerprint density at radius 3 is 2.23 bits per heavy atom. The minimum Gasteiger partial charge on any atom is -0.354 e. The average Bonchev–Trinajstić information content (AvgIpc) is 3.01. The Bertz CT molecular complexity index is 632. The van der Waals surface area contributed by atoms with Gasteiger partial charge in [0.05, 0.1) is 0 Å².